The first-order valence-corrected chi connectivity index (χ1v) is 4.58. The summed E-state index contributed by atoms with van der Waals surface area (Å²) < 4.78 is 75.2. The fourth-order valence-corrected chi connectivity index (χ4v) is 1.34. The molecule has 0 aliphatic rings. The van der Waals surface area contributed by atoms with Gasteiger partial charge in [0, 0.05) is 5.56 Å². The summed E-state index contributed by atoms with van der Waals surface area (Å²) in [5, 5.41) is 9.06. The van der Waals surface area contributed by atoms with Crippen LogP contribution in [0.3, 0.4) is 0 Å². The predicted molar refractivity (Wildman–Crippen MR) is 50.2 cm³/mol. The van der Waals surface area contributed by atoms with Gasteiger partial charge < -0.3 is 5.11 Å². The molecule has 0 heterocycles. The van der Waals surface area contributed by atoms with E-state index in [1.165, 1.54) is 0 Å². The van der Waals surface area contributed by atoms with Gasteiger partial charge in [0.15, 0.2) is 0 Å². The SMILES string of the molecule is O=C=Nc1cccc(C(O)(C(F)(F)F)C(F)(F)F)c1. The van der Waals surface area contributed by atoms with Gasteiger partial charge in [0.25, 0.3) is 5.60 Å². The highest BCUT2D eigenvalue weighted by Crippen LogP contribution is 2.50. The Morgan fingerprint density at radius 2 is 1.58 bits per heavy atom. The van der Waals surface area contributed by atoms with Crippen LogP contribution in [0, 0.1) is 0 Å². The smallest absolute Gasteiger partial charge is 0.369 e. The van der Waals surface area contributed by atoms with Gasteiger partial charge in [0.1, 0.15) is 0 Å². The lowest BCUT2D eigenvalue weighted by Crippen LogP contribution is -2.53. The number of rotatable bonds is 2. The van der Waals surface area contributed by atoms with E-state index in [9.17, 15) is 31.1 Å². The third kappa shape index (κ3) is 2.61. The van der Waals surface area contributed by atoms with Crippen LogP contribution in [-0.2, 0) is 10.4 Å². The molecule has 104 valence electrons. The lowest BCUT2D eigenvalue weighted by atomic mass is 9.92. The van der Waals surface area contributed by atoms with Gasteiger partial charge in [-0.1, -0.05) is 12.1 Å². The Morgan fingerprint density at radius 3 is 2.00 bits per heavy atom. The summed E-state index contributed by atoms with van der Waals surface area (Å²) in [5.74, 6) is 0. The van der Waals surface area contributed by atoms with Gasteiger partial charge in [-0.3, -0.25) is 0 Å². The fourth-order valence-electron chi connectivity index (χ4n) is 1.34. The van der Waals surface area contributed by atoms with E-state index in [0.717, 1.165) is 18.2 Å². The lowest BCUT2D eigenvalue weighted by Gasteiger charge is -2.32. The molecule has 0 aromatic heterocycles. The number of benzene rings is 1. The molecular formula is C10H5F6NO2. The minimum atomic E-state index is -5.98. The van der Waals surface area contributed by atoms with Gasteiger partial charge in [-0.05, 0) is 12.1 Å². The standard InChI is InChI=1S/C10H5F6NO2/c11-9(12,13)8(19,10(14,15)16)6-2-1-3-7(4-6)17-5-18/h1-4,19H. The minimum absolute atomic E-state index is 0.311. The van der Waals surface area contributed by atoms with Crippen molar-refractivity contribution in [1.29, 1.82) is 0 Å². The monoisotopic (exact) mass is 285 g/mol. The second kappa shape index (κ2) is 4.67. The topological polar surface area (TPSA) is 49.7 Å². The molecule has 0 fully saturated rings. The molecule has 3 nitrogen and oxygen atoms in total. The van der Waals surface area contributed by atoms with Crippen molar-refractivity contribution < 1.29 is 36.2 Å². The number of isocyanates is 1. The maximum atomic E-state index is 12.5. The number of carbonyl (C=O) groups excluding carboxylic acids is 1. The molecule has 0 radical (unpaired) electrons. The summed E-state index contributed by atoms with van der Waals surface area (Å²) in [6, 6.07) is 2.53. The van der Waals surface area contributed by atoms with Crippen molar-refractivity contribution in [2.75, 3.05) is 0 Å². The zero-order valence-corrected chi connectivity index (χ0v) is 8.88. The average molecular weight is 285 g/mol. The van der Waals surface area contributed by atoms with E-state index in [0.29, 0.717) is 12.1 Å². The van der Waals surface area contributed by atoms with Crippen molar-refractivity contribution in [3.05, 3.63) is 29.8 Å². The van der Waals surface area contributed by atoms with E-state index >= 15 is 0 Å². The van der Waals surface area contributed by atoms with Crippen LogP contribution in [0.2, 0.25) is 0 Å². The molecule has 19 heavy (non-hydrogen) atoms. The maximum absolute atomic E-state index is 12.5. The van der Waals surface area contributed by atoms with Crippen LogP contribution in [0.1, 0.15) is 5.56 Å². The molecule has 0 saturated carbocycles. The number of aliphatic imine (C=N–C) groups is 1. The van der Waals surface area contributed by atoms with Crippen LogP contribution in [0.5, 0.6) is 0 Å². The Morgan fingerprint density at radius 1 is 1.05 bits per heavy atom. The van der Waals surface area contributed by atoms with E-state index in [1.807, 2.05) is 0 Å². The Kier molecular flexibility index (Phi) is 3.74. The predicted octanol–water partition coefficient (Wildman–Crippen LogP) is 2.97. The normalized spacial score (nSPS) is 13.0. The zero-order valence-electron chi connectivity index (χ0n) is 8.88. The van der Waals surface area contributed by atoms with E-state index in [-0.39, 0.29) is 0 Å². The van der Waals surface area contributed by atoms with Gasteiger partial charge >= 0.3 is 12.4 Å². The number of hydrogen-bond donors (Lipinski definition) is 1. The highest BCUT2D eigenvalue weighted by molar-refractivity contribution is 5.51. The summed E-state index contributed by atoms with van der Waals surface area (Å²) in [4.78, 5) is 12.8. The second-order valence-electron chi connectivity index (χ2n) is 3.46. The van der Waals surface area contributed by atoms with Crippen molar-refractivity contribution in [3.8, 4) is 0 Å². The summed E-state index contributed by atoms with van der Waals surface area (Å²) in [6.07, 6.45) is -11.0. The molecule has 1 aromatic rings. The van der Waals surface area contributed by atoms with Crippen molar-refractivity contribution >= 4 is 11.8 Å². The van der Waals surface area contributed by atoms with Crippen molar-refractivity contribution in [2.45, 2.75) is 18.0 Å². The fraction of sp³-hybridized carbons (Fsp3) is 0.300. The molecule has 1 N–H and O–H groups in total. The van der Waals surface area contributed by atoms with Crippen molar-refractivity contribution in [1.82, 2.24) is 0 Å². The van der Waals surface area contributed by atoms with Gasteiger partial charge in [0.2, 0.25) is 6.08 Å². The summed E-state index contributed by atoms with van der Waals surface area (Å²) in [6.45, 7) is 0. The van der Waals surface area contributed by atoms with Crippen LogP contribution >= 0.6 is 0 Å². The number of alkyl halides is 6. The highest BCUT2D eigenvalue weighted by atomic mass is 19.4. The number of halogens is 6. The van der Waals surface area contributed by atoms with E-state index in [2.05, 4.69) is 4.99 Å². The van der Waals surface area contributed by atoms with E-state index < -0.39 is 29.2 Å². The molecule has 1 aromatic carbocycles. The Labute approximate surface area is 102 Å². The number of nitrogens with zero attached hydrogens (tertiary/aromatic N) is 1. The van der Waals surface area contributed by atoms with E-state index in [4.69, 9.17) is 5.11 Å². The largest absolute Gasteiger partial charge is 0.430 e. The van der Waals surface area contributed by atoms with Crippen molar-refractivity contribution in [3.63, 3.8) is 0 Å². The summed E-state index contributed by atoms with van der Waals surface area (Å²) in [5.41, 5.74) is -7.00. The molecule has 9 heteroatoms. The molecule has 0 amide bonds. The second-order valence-corrected chi connectivity index (χ2v) is 3.46. The van der Waals surface area contributed by atoms with Crippen LogP contribution in [-0.4, -0.2) is 23.5 Å². The van der Waals surface area contributed by atoms with Crippen LogP contribution in [0.25, 0.3) is 0 Å². The van der Waals surface area contributed by atoms with Crippen LogP contribution in [0.4, 0.5) is 32.0 Å². The van der Waals surface area contributed by atoms with Gasteiger partial charge in [0.05, 0.1) is 5.69 Å². The highest BCUT2D eigenvalue weighted by Gasteiger charge is 2.71. The molecule has 0 saturated heterocycles. The molecule has 0 atom stereocenters. The molecule has 0 bridgehead atoms. The molecule has 0 aliphatic heterocycles. The van der Waals surface area contributed by atoms with Gasteiger partial charge in [-0.25, -0.2) is 4.79 Å². The number of aliphatic hydroxyl groups is 1. The molecule has 0 spiro atoms. The summed E-state index contributed by atoms with van der Waals surface area (Å²) >= 11 is 0. The Bertz CT molecular complexity index is 501. The third-order valence-corrected chi connectivity index (χ3v) is 2.26. The van der Waals surface area contributed by atoms with Crippen molar-refractivity contribution in [2.24, 2.45) is 4.99 Å². The van der Waals surface area contributed by atoms with Crippen LogP contribution in [0.15, 0.2) is 29.3 Å². The first kappa shape index (κ1) is 15.2. The quantitative estimate of drug-likeness (QED) is 0.516. The average Bonchev–Trinajstić information content (AvgIpc) is 2.25. The maximum Gasteiger partial charge on any atom is 0.430 e. The third-order valence-electron chi connectivity index (χ3n) is 2.26. The lowest BCUT2D eigenvalue weighted by molar-refractivity contribution is -0.376. The molecule has 0 aliphatic carbocycles. The van der Waals surface area contributed by atoms with E-state index in [1.54, 1.807) is 0 Å². The molecule has 0 unspecified atom stereocenters. The molecule has 1 rings (SSSR count). The van der Waals surface area contributed by atoms with Gasteiger partial charge in [-0.15, -0.1) is 0 Å². The summed E-state index contributed by atoms with van der Waals surface area (Å²) in [7, 11) is 0. The van der Waals surface area contributed by atoms with Crippen LogP contribution < -0.4 is 0 Å². The first-order chi connectivity index (χ1) is 8.54. The Hall–Kier alpha value is -1.86. The molecular weight excluding hydrogens is 280 g/mol. The minimum Gasteiger partial charge on any atom is -0.369 e. The zero-order chi connectivity index (χ0) is 14.9. The Balaban J connectivity index is 3.51. The first-order valence-electron chi connectivity index (χ1n) is 4.58. The van der Waals surface area contributed by atoms with Gasteiger partial charge in [-0.2, -0.15) is 31.3 Å². The number of hydrogen-bond acceptors (Lipinski definition) is 3.